The number of rotatable bonds is 2. The average Bonchev–Trinajstić information content (AvgIpc) is 2.35. The van der Waals surface area contributed by atoms with Crippen LogP contribution in [0.3, 0.4) is 0 Å². The molecule has 0 spiro atoms. The number of benzene rings is 1. The normalized spacial score (nSPS) is 10.2. The molecule has 2 aromatic rings. The first-order valence-corrected chi connectivity index (χ1v) is 6.12. The summed E-state index contributed by atoms with van der Waals surface area (Å²) in [6, 6.07) is 7.62. The summed E-state index contributed by atoms with van der Waals surface area (Å²) in [7, 11) is 0. The van der Waals surface area contributed by atoms with Crippen molar-refractivity contribution in [1.82, 2.24) is 4.98 Å². The lowest BCUT2D eigenvalue weighted by atomic mass is 10.2. The quantitative estimate of drug-likeness (QED) is 0.849. The molecule has 0 aliphatic rings. The minimum atomic E-state index is -0.603. The molecule has 18 heavy (non-hydrogen) atoms. The Morgan fingerprint density at radius 1 is 1.33 bits per heavy atom. The molecule has 0 unspecified atom stereocenters. The van der Waals surface area contributed by atoms with Gasteiger partial charge in [0.2, 0.25) is 5.95 Å². The van der Waals surface area contributed by atoms with Gasteiger partial charge in [-0.05, 0) is 40.2 Å². The lowest BCUT2D eigenvalue weighted by molar-refractivity contribution is 0.102. The Kier molecular flexibility index (Phi) is 3.93. The van der Waals surface area contributed by atoms with Crippen LogP contribution in [-0.4, -0.2) is 10.9 Å². The molecule has 0 saturated heterocycles. The number of amides is 1. The number of carbonyl (C=O) groups excluding carboxylic acids is 1. The molecule has 2 rings (SSSR count). The zero-order chi connectivity index (χ0) is 13.1. The molecule has 0 aliphatic carbocycles. The third-order valence-electron chi connectivity index (χ3n) is 2.18. The largest absolute Gasteiger partial charge is 0.321 e. The van der Waals surface area contributed by atoms with E-state index in [-0.39, 0.29) is 5.91 Å². The van der Waals surface area contributed by atoms with Crippen molar-refractivity contribution in [2.75, 3.05) is 5.32 Å². The standard InChI is InChI=1S/C12H7BrClFN2O/c13-9-3-1-2-8(11(9)14)12(18)17-7-4-5-10(15)16-6-7/h1-6H,(H,17,18). The summed E-state index contributed by atoms with van der Waals surface area (Å²) in [6.07, 6.45) is 1.24. The van der Waals surface area contributed by atoms with Gasteiger partial charge in [-0.15, -0.1) is 0 Å². The fourth-order valence-electron chi connectivity index (χ4n) is 1.33. The van der Waals surface area contributed by atoms with Gasteiger partial charge in [-0.25, -0.2) is 4.98 Å². The number of halogens is 3. The molecular formula is C12H7BrClFN2O. The molecule has 1 heterocycles. The summed E-state index contributed by atoms with van der Waals surface area (Å²) in [5.41, 5.74) is 0.729. The van der Waals surface area contributed by atoms with Crippen LogP contribution >= 0.6 is 27.5 Å². The molecule has 0 aliphatic heterocycles. The van der Waals surface area contributed by atoms with Gasteiger partial charge in [0, 0.05) is 4.47 Å². The van der Waals surface area contributed by atoms with Crippen LogP contribution in [0.1, 0.15) is 10.4 Å². The second kappa shape index (κ2) is 5.46. The average molecular weight is 330 g/mol. The number of hydrogen-bond acceptors (Lipinski definition) is 2. The summed E-state index contributed by atoms with van der Waals surface area (Å²) in [5, 5.41) is 2.90. The number of nitrogens with one attached hydrogen (secondary N) is 1. The number of carbonyl (C=O) groups is 1. The van der Waals surface area contributed by atoms with E-state index in [2.05, 4.69) is 26.2 Å². The van der Waals surface area contributed by atoms with Gasteiger partial charge < -0.3 is 5.32 Å². The van der Waals surface area contributed by atoms with Crippen molar-refractivity contribution in [2.45, 2.75) is 0 Å². The van der Waals surface area contributed by atoms with Gasteiger partial charge in [0.25, 0.3) is 5.91 Å². The van der Waals surface area contributed by atoms with Gasteiger partial charge >= 0.3 is 0 Å². The van der Waals surface area contributed by atoms with Crippen molar-refractivity contribution >= 4 is 39.1 Å². The van der Waals surface area contributed by atoms with E-state index in [0.29, 0.717) is 20.7 Å². The van der Waals surface area contributed by atoms with Crippen molar-refractivity contribution < 1.29 is 9.18 Å². The second-order valence-corrected chi connectivity index (χ2v) is 4.66. The molecule has 0 fully saturated rings. The van der Waals surface area contributed by atoms with Crippen LogP contribution < -0.4 is 5.32 Å². The van der Waals surface area contributed by atoms with Gasteiger partial charge in [0.05, 0.1) is 22.5 Å². The summed E-state index contributed by atoms with van der Waals surface area (Å²) in [6.45, 7) is 0. The summed E-state index contributed by atoms with van der Waals surface area (Å²) in [5.74, 6) is -0.983. The van der Waals surface area contributed by atoms with E-state index in [4.69, 9.17) is 11.6 Å². The van der Waals surface area contributed by atoms with E-state index < -0.39 is 5.95 Å². The first kappa shape index (κ1) is 13.0. The lowest BCUT2D eigenvalue weighted by Gasteiger charge is -2.07. The maximum atomic E-state index is 12.6. The van der Waals surface area contributed by atoms with Crippen LogP contribution in [-0.2, 0) is 0 Å². The Hall–Kier alpha value is -1.46. The van der Waals surface area contributed by atoms with Crippen LogP contribution in [0.4, 0.5) is 10.1 Å². The summed E-state index contributed by atoms with van der Waals surface area (Å²) < 4.78 is 13.2. The minimum Gasteiger partial charge on any atom is -0.321 e. The maximum absolute atomic E-state index is 12.6. The van der Waals surface area contributed by atoms with E-state index >= 15 is 0 Å². The number of hydrogen-bond donors (Lipinski definition) is 1. The molecule has 1 aromatic carbocycles. The Balaban J connectivity index is 2.22. The van der Waals surface area contributed by atoms with Gasteiger partial charge in [-0.3, -0.25) is 4.79 Å². The summed E-state index contributed by atoms with van der Waals surface area (Å²) in [4.78, 5) is 15.4. The highest BCUT2D eigenvalue weighted by Gasteiger charge is 2.12. The Labute approximate surface area is 116 Å². The van der Waals surface area contributed by atoms with Crippen molar-refractivity contribution in [3.8, 4) is 0 Å². The van der Waals surface area contributed by atoms with Crippen LogP contribution in [0.5, 0.6) is 0 Å². The third-order valence-corrected chi connectivity index (χ3v) is 3.48. The second-order valence-electron chi connectivity index (χ2n) is 3.43. The van der Waals surface area contributed by atoms with E-state index in [9.17, 15) is 9.18 Å². The molecule has 0 saturated carbocycles. The van der Waals surface area contributed by atoms with E-state index in [0.717, 1.165) is 6.07 Å². The van der Waals surface area contributed by atoms with Crippen molar-refractivity contribution in [3.63, 3.8) is 0 Å². The van der Waals surface area contributed by atoms with Crippen LogP contribution in [0.15, 0.2) is 41.0 Å². The SMILES string of the molecule is O=C(Nc1ccc(F)nc1)c1cccc(Br)c1Cl. The maximum Gasteiger partial charge on any atom is 0.257 e. The molecule has 1 aromatic heterocycles. The highest BCUT2D eigenvalue weighted by molar-refractivity contribution is 9.10. The number of pyridine rings is 1. The zero-order valence-electron chi connectivity index (χ0n) is 8.95. The number of anilines is 1. The fourth-order valence-corrected chi connectivity index (χ4v) is 1.91. The predicted octanol–water partition coefficient (Wildman–Crippen LogP) is 3.89. The predicted molar refractivity (Wildman–Crippen MR) is 71.3 cm³/mol. The molecule has 92 valence electrons. The minimum absolute atomic E-state index is 0.324. The van der Waals surface area contributed by atoms with Gasteiger partial charge in [0.1, 0.15) is 0 Å². The Bertz CT molecular complexity index is 589. The van der Waals surface area contributed by atoms with E-state index in [1.807, 2.05) is 0 Å². The molecule has 1 amide bonds. The van der Waals surface area contributed by atoms with E-state index in [1.54, 1.807) is 18.2 Å². The molecule has 1 N–H and O–H groups in total. The first-order chi connectivity index (χ1) is 8.58. The lowest BCUT2D eigenvalue weighted by Crippen LogP contribution is -2.12. The highest BCUT2D eigenvalue weighted by atomic mass is 79.9. The van der Waals surface area contributed by atoms with Crippen LogP contribution in [0.2, 0.25) is 5.02 Å². The number of aromatic nitrogens is 1. The van der Waals surface area contributed by atoms with E-state index in [1.165, 1.54) is 12.3 Å². The zero-order valence-corrected chi connectivity index (χ0v) is 11.3. The van der Waals surface area contributed by atoms with Crippen molar-refractivity contribution in [1.29, 1.82) is 0 Å². The summed E-state index contributed by atoms with van der Waals surface area (Å²) >= 11 is 9.23. The van der Waals surface area contributed by atoms with Crippen LogP contribution in [0.25, 0.3) is 0 Å². The highest BCUT2D eigenvalue weighted by Crippen LogP contribution is 2.26. The van der Waals surface area contributed by atoms with Gasteiger partial charge in [-0.2, -0.15) is 4.39 Å². The first-order valence-electron chi connectivity index (χ1n) is 4.95. The molecule has 3 nitrogen and oxygen atoms in total. The Morgan fingerprint density at radius 3 is 2.78 bits per heavy atom. The number of nitrogens with zero attached hydrogens (tertiary/aromatic N) is 1. The molecule has 0 atom stereocenters. The van der Waals surface area contributed by atoms with Gasteiger partial charge in [-0.1, -0.05) is 17.7 Å². The molecule has 0 bridgehead atoms. The van der Waals surface area contributed by atoms with Crippen LogP contribution in [0, 0.1) is 5.95 Å². The smallest absolute Gasteiger partial charge is 0.257 e. The van der Waals surface area contributed by atoms with Crippen molar-refractivity contribution in [3.05, 3.63) is 57.5 Å². The monoisotopic (exact) mass is 328 g/mol. The third kappa shape index (κ3) is 2.86. The van der Waals surface area contributed by atoms with Crippen molar-refractivity contribution in [2.24, 2.45) is 0 Å². The Morgan fingerprint density at radius 2 is 2.11 bits per heavy atom. The molecular weight excluding hydrogens is 322 g/mol. The molecule has 6 heteroatoms. The van der Waals surface area contributed by atoms with Gasteiger partial charge in [0.15, 0.2) is 0 Å². The molecule has 0 radical (unpaired) electrons. The fraction of sp³-hybridized carbons (Fsp3) is 0. The topological polar surface area (TPSA) is 42.0 Å².